The summed E-state index contributed by atoms with van der Waals surface area (Å²) >= 11 is 1.36. The molecule has 2 aromatic rings. The number of amides is 1. The predicted octanol–water partition coefficient (Wildman–Crippen LogP) is 3.73. The molecule has 1 N–H and O–H groups in total. The van der Waals surface area contributed by atoms with Crippen LogP contribution in [0.1, 0.15) is 12.5 Å². The molecule has 0 fully saturated rings. The summed E-state index contributed by atoms with van der Waals surface area (Å²) in [6.45, 7) is 4.11. The standard InChI is InChI=1S/C17H17N3O2S/c1-11-7-8-15(14-6-4-3-5-13(11)14)20-12(2)9-18-17(20)23-10-16(21)19-22/h3-9,17-18H,10H2,1-2H3. The summed E-state index contributed by atoms with van der Waals surface area (Å²) in [5.41, 5.74) is 3.23. The van der Waals surface area contributed by atoms with Crippen LogP contribution < -0.4 is 10.2 Å². The number of carbonyl (C=O) groups is 1. The van der Waals surface area contributed by atoms with Gasteiger partial charge < -0.3 is 10.2 Å². The van der Waals surface area contributed by atoms with Crippen molar-refractivity contribution in [1.29, 1.82) is 0 Å². The van der Waals surface area contributed by atoms with Crippen molar-refractivity contribution >= 4 is 34.1 Å². The minimum absolute atomic E-state index is 0.0581. The van der Waals surface area contributed by atoms with Crippen LogP contribution in [0.25, 0.3) is 10.8 Å². The Hall–Kier alpha value is -2.34. The van der Waals surface area contributed by atoms with Gasteiger partial charge in [0.1, 0.15) is 0 Å². The monoisotopic (exact) mass is 327 g/mol. The number of allylic oxidation sites excluding steroid dienone is 1. The number of rotatable bonds is 4. The first-order valence-corrected chi connectivity index (χ1v) is 8.35. The van der Waals surface area contributed by atoms with Crippen LogP contribution in [0.3, 0.4) is 0 Å². The third-order valence-electron chi connectivity index (χ3n) is 3.89. The number of anilines is 1. The number of benzene rings is 2. The number of thioether (sulfide) groups is 1. The van der Waals surface area contributed by atoms with E-state index in [4.69, 9.17) is 0 Å². The molecule has 3 rings (SSSR count). The lowest BCUT2D eigenvalue weighted by atomic mass is 10.0. The van der Waals surface area contributed by atoms with E-state index in [1.165, 1.54) is 22.7 Å². The second-order valence-corrected chi connectivity index (χ2v) is 6.49. The summed E-state index contributed by atoms with van der Waals surface area (Å²) in [6.07, 6.45) is 1.92. The first-order valence-electron chi connectivity index (χ1n) is 7.30. The Kier molecular flexibility index (Phi) is 4.34. The number of hydrogen-bond acceptors (Lipinski definition) is 5. The molecule has 5 nitrogen and oxygen atoms in total. The molecule has 6 heteroatoms. The largest absolute Gasteiger partial charge is 0.361 e. The van der Waals surface area contributed by atoms with Crippen molar-refractivity contribution in [2.75, 3.05) is 10.7 Å². The maximum Gasteiger partial charge on any atom is 0.296 e. The highest BCUT2D eigenvalue weighted by atomic mass is 32.2. The summed E-state index contributed by atoms with van der Waals surface area (Å²) in [5.74, 6) is -0.585. The average Bonchev–Trinajstić information content (AvgIpc) is 2.94. The third-order valence-corrected chi connectivity index (χ3v) is 4.97. The maximum absolute atomic E-state index is 11.2. The third kappa shape index (κ3) is 2.94. The molecular formula is C17H17N3O2S. The maximum atomic E-state index is 11.2. The Labute approximate surface area is 138 Å². The highest BCUT2D eigenvalue weighted by Crippen LogP contribution is 2.36. The molecule has 0 saturated heterocycles. The summed E-state index contributed by atoms with van der Waals surface area (Å²) in [5, 5.41) is 8.07. The van der Waals surface area contributed by atoms with Gasteiger partial charge >= 0.3 is 0 Å². The fourth-order valence-corrected chi connectivity index (χ4v) is 3.73. The minimum Gasteiger partial charge on any atom is -0.361 e. The van der Waals surface area contributed by atoms with Crippen LogP contribution in [0.4, 0.5) is 5.69 Å². The molecule has 0 spiro atoms. The van der Waals surface area contributed by atoms with E-state index in [1.807, 2.05) is 25.3 Å². The van der Waals surface area contributed by atoms with Gasteiger partial charge in [0.15, 0.2) is 5.50 Å². The van der Waals surface area contributed by atoms with Gasteiger partial charge in [0, 0.05) is 22.5 Å². The number of nitrogens with one attached hydrogen (secondary N) is 1. The summed E-state index contributed by atoms with van der Waals surface area (Å²) in [4.78, 5) is 23.6. The second-order valence-electron chi connectivity index (χ2n) is 5.42. The number of carbonyl (C=O) groups excluding carboxylic acids is 1. The van der Waals surface area contributed by atoms with Gasteiger partial charge in [-0.3, -0.25) is 4.79 Å². The van der Waals surface area contributed by atoms with Crippen LogP contribution in [0.2, 0.25) is 0 Å². The van der Waals surface area contributed by atoms with Crippen molar-refractivity contribution in [3.05, 3.63) is 58.8 Å². The normalized spacial score (nSPS) is 17.0. The highest BCUT2D eigenvalue weighted by molar-refractivity contribution is 8.00. The van der Waals surface area contributed by atoms with Crippen LogP contribution >= 0.6 is 11.8 Å². The molecule has 0 bridgehead atoms. The summed E-state index contributed by atoms with van der Waals surface area (Å²) in [7, 11) is 0. The zero-order valence-electron chi connectivity index (χ0n) is 12.9. The van der Waals surface area contributed by atoms with Gasteiger partial charge in [-0.05, 0) is 30.9 Å². The molecule has 0 aromatic heterocycles. The van der Waals surface area contributed by atoms with Crippen molar-refractivity contribution in [3.8, 4) is 0 Å². The van der Waals surface area contributed by atoms with Gasteiger partial charge in [-0.1, -0.05) is 30.3 Å². The van der Waals surface area contributed by atoms with Crippen LogP contribution in [0.15, 0.2) is 53.5 Å². The van der Waals surface area contributed by atoms with Crippen molar-refractivity contribution in [3.63, 3.8) is 0 Å². The second kappa shape index (κ2) is 6.42. The SMILES string of the molecule is CC1=CNC(SCC(=O)N=O)N1c1ccc(C)c2ccccc12. The van der Waals surface area contributed by atoms with Crippen LogP contribution in [0, 0.1) is 11.8 Å². The number of fused-ring (bicyclic) bond motifs is 1. The molecule has 0 saturated carbocycles. The van der Waals surface area contributed by atoms with E-state index in [0.29, 0.717) is 0 Å². The zero-order valence-corrected chi connectivity index (χ0v) is 13.8. The van der Waals surface area contributed by atoms with E-state index in [2.05, 4.69) is 46.6 Å². The van der Waals surface area contributed by atoms with Crippen molar-refractivity contribution in [2.45, 2.75) is 19.3 Å². The molecule has 2 aromatic carbocycles. The lowest BCUT2D eigenvalue weighted by Gasteiger charge is -2.29. The van der Waals surface area contributed by atoms with E-state index < -0.39 is 5.91 Å². The molecule has 1 aliphatic heterocycles. The molecule has 1 amide bonds. The van der Waals surface area contributed by atoms with Crippen molar-refractivity contribution in [2.24, 2.45) is 5.18 Å². The molecule has 0 aliphatic carbocycles. The topological polar surface area (TPSA) is 61.8 Å². The van der Waals surface area contributed by atoms with Crippen molar-refractivity contribution in [1.82, 2.24) is 5.32 Å². The predicted molar refractivity (Wildman–Crippen MR) is 95.1 cm³/mol. The van der Waals surface area contributed by atoms with Gasteiger partial charge in [0.05, 0.1) is 11.4 Å². The van der Waals surface area contributed by atoms with Crippen LogP contribution in [-0.2, 0) is 4.79 Å². The molecule has 1 unspecified atom stereocenters. The number of hydrogen-bond donors (Lipinski definition) is 1. The van der Waals surface area contributed by atoms with E-state index in [-0.39, 0.29) is 11.3 Å². The first kappa shape index (κ1) is 15.6. The van der Waals surface area contributed by atoms with Gasteiger partial charge in [-0.15, -0.1) is 16.7 Å². The van der Waals surface area contributed by atoms with Crippen LogP contribution in [0.5, 0.6) is 0 Å². The fraction of sp³-hybridized carbons (Fsp3) is 0.235. The van der Waals surface area contributed by atoms with Gasteiger partial charge in [-0.2, -0.15) is 0 Å². The number of aryl methyl sites for hydroxylation is 1. The first-order chi connectivity index (χ1) is 11.1. The number of nitrogens with zero attached hydrogens (tertiary/aromatic N) is 2. The molecule has 1 aliphatic rings. The minimum atomic E-state index is -0.643. The Morgan fingerprint density at radius 1 is 1.22 bits per heavy atom. The Morgan fingerprint density at radius 3 is 2.70 bits per heavy atom. The van der Waals surface area contributed by atoms with Gasteiger partial charge in [0.2, 0.25) is 0 Å². The Morgan fingerprint density at radius 2 is 1.96 bits per heavy atom. The summed E-state index contributed by atoms with van der Waals surface area (Å²) in [6, 6.07) is 12.5. The zero-order chi connectivity index (χ0) is 16.4. The fourth-order valence-electron chi connectivity index (χ4n) is 2.78. The lowest BCUT2D eigenvalue weighted by Crippen LogP contribution is -2.34. The molecule has 0 radical (unpaired) electrons. The Balaban J connectivity index is 1.98. The van der Waals surface area contributed by atoms with Crippen molar-refractivity contribution < 1.29 is 4.79 Å². The molecule has 23 heavy (non-hydrogen) atoms. The summed E-state index contributed by atoms with van der Waals surface area (Å²) < 4.78 is 0. The van der Waals surface area contributed by atoms with Gasteiger partial charge in [0.25, 0.3) is 5.91 Å². The van der Waals surface area contributed by atoms with E-state index >= 15 is 0 Å². The smallest absolute Gasteiger partial charge is 0.296 e. The molecule has 1 heterocycles. The molecular weight excluding hydrogens is 310 g/mol. The number of nitroso groups, excluding NO2 is 1. The highest BCUT2D eigenvalue weighted by Gasteiger charge is 2.27. The van der Waals surface area contributed by atoms with E-state index in [1.54, 1.807) is 0 Å². The van der Waals surface area contributed by atoms with Crippen LogP contribution in [-0.4, -0.2) is 17.2 Å². The molecule has 118 valence electrons. The van der Waals surface area contributed by atoms with Gasteiger partial charge in [-0.25, -0.2) is 0 Å². The van der Waals surface area contributed by atoms with E-state index in [0.717, 1.165) is 16.8 Å². The molecule has 1 atom stereocenters. The quantitative estimate of drug-likeness (QED) is 0.867. The average molecular weight is 327 g/mol. The Bertz CT molecular complexity index is 804. The van der Waals surface area contributed by atoms with E-state index in [9.17, 15) is 9.70 Å². The lowest BCUT2D eigenvalue weighted by molar-refractivity contribution is -0.115.